The van der Waals surface area contributed by atoms with E-state index < -0.39 is 57.6 Å². The van der Waals surface area contributed by atoms with Crippen molar-refractivity contribution < 1.29 is 78.9 Å². The number of rotatable bonds is 8. The molecule has 6 aromatic rings. The quantitative estimate of drug-likeness (QED) is 0.115. The van der Waals surface area contributed by atoms with Gasteiger partial charge in [0.2, 0.25) is 20.0 Å². The first-order valence-corrected chi connectivity index (χ1v) is 21.2. The predicted octanol–water partition coefficient (Wildman–Crippen LogP) is 5.64. The van der Waals surface area contributed by atoms with Crippen molar-refractivity contribution in [3.8, 4) is 5.75 Å². The Labute approximate surface area is 373 Å². The monoisotopic (exact) mass is 900 g/mol. The summed E-state index contributed by atoms with van der Waals surface area (Å²) in [4.78, 5) is 18.1. The van der Waals surface area contributed by atoms with Crippen molar-refractivity contribution in [2.24, 2.45) is 0 Å². The van der Waals surface area contributed by atoms with Gasteiger partial charge in [0.25, 0.3) is 0 Å². The minimum atomic E-state index is -4.84. The van der Waals surface area contributed by atoms with Crippen LogP contribution in [0.4, 0.5) is 26.3 Å². The van der Waals surface area contributed by atoms with Crippen LogP contribution >= 0.6 is 0 Å². The largest absolute Gasteiger partial charge is 1.00 e. The van der Waals surface area contributed by atoms with Crippen molar-refractivity contribution in [2.45, 2.75) is 75.8 Å². The number of sulfonamides is 2. The van der Waals surface area contributed by atoms with Gasteiger partial charge in [-0.1, -0.05) is 59.7 Å². The number of nitrogens with one attached hydrogen (secondary N) is 2. The molecule has 0 aliphatic carbocycles. The number of ether oxygens (including phenoxy) is 1. The van der Waals surface area contributed by atoms with Crippen molar-refractivity contribution in [2.75, 3.05) is 13.2 Å². The molecule has 0 saturated carbocycles. The van der Waals surface area contributed by atoms with E-state index in [2.05, 4.69) is 9.97 Å². The molecule has 0 spiro atoms. The molecule has 4 aromatic carbocycles. The van der Waals surface area contributed by atoms with Gasteiger partial charge >= 0.3 is 41.9 Å². The summed E-state index contributed by atoms with van der Waals surface area (Å²) in [5, 5.41) is 1.28. The zero-order valence-corrected chi connectivity index (χ0v) is 37.9. The third-order valence-electron chi connectivity index (χ3n) is 9.36. The molecule has 322 valence electrons. The Bertz CT molecular complexity index is 2770. The Morgan fingerprint density at radius 2 is 1.31 bits per heavy atom. The number of hydrogen-bond donors (Lipinski definition) is 2. The molecule has 0 bridgehead atoms. The number of pyridine rings is 2. The summed E-state index contributed by atoms with van der Waals surface area (Å²) in [7, 11) is -8.49. The summed E-state index contributed by atoms with van der Waals surface area (Å²) in [6.07, 6.45) is -6.27. The molecule has 0 amide bonds. The topological polar surface area (TPSA) is 138 Å². The molecule has 10 nitrogen and oxygen atoms in total. The Kier molecular flexibility index (Phi) is 15.7. The van der Waals surface area contributed by atoms with Gasteiger partial charge in [0.15, 0.2) is 11.5 Å². The van der Waals surface area contributed by atoms with Gasteiger partial charge in [-0.15, -0.1) is 0 Å². The zero-order valence-electron chi connectivity index (χ0n) is 35.2. The Balaban J connectivity index is 0.000000272. The minimum Gasteiger partial charge on any atom is -1.00 e. The van der Waals surface area contributed by atoms with Gasteiger partial charge in [-0.2, -0.15) is 35.4 Å². The van der Waals surface area contributed by atoms with E-state index in [1.165, 1.54) is 18.3 Å². The van der Waals surface area contributed by atoms with Crippen LogP contribution < -0.4 is 44.4 Å². The average Bonchev–Trinajstić information content (AvgIpc) is 3.96. The fourth-order valence-corrected chi connectivity index (χ4v) is 10.5. The summed E-state index contributed by atoms with van der Waals surface area (Å²) in [5.74, 6) is 0.191. The molecule has 61 heavy (non-hydrogen) atoms. The van der Waals surface area contributed by atoms with E-state index in [9.17, 15) is 48.0 Å². The number of para-hydroxylation sites is 2. The SMILES string of the molecule is Cc1cc(C)c(S(=O)(=O)N2CC2C(F)(F)F)c(C)c1.Cc1cc(C)c(S(=O)(=O)NC(COc2ccnc3ccccc23)C(F)(F)F)c(C)c1.O=c1cc[nH]c2ccccc12.[H-].[Na+]. The maximum atomic E-state index is 13.6. The van der Waals surface area contributed by atoms with Crippen molar-refractivity contribution in [1.29, 1.82) is 0 Å². The fourth-order valence-electron chi connectivity index (χ4n) is 6.87. The molecule has 0 radical (unpaired) electrons. The Morgan fingerprint density at radius 1 is 0.787 bits per heavy atom. The minimum absolute atomic E-state index is 0. The summed E-state index contributed by atoms with van der Waals surface area (Å²) >= 11 is 0. The molecule has 2 aromatic heterocycles. The number of aromatic nitrogens is 2. The molecule has 7 rings (SSSR count). The normalized spacial score (nSPS) is 15.7. The summed E-state index contributed by atoms with van der Waals surface area (Å²) in [6, 6.07) is 19.5. The summed E-state index contributed by atoms with van der Waals surface area (Å²) in [6.45, 7) is 8.49. The molecular weight excluding hydrogens is 858 g/mol. The molecule has 1 saturated heterocycles. The summed E-state index contributed by atoms with van der Waals surface area (Å²) < 4.78 is 136. The van der Waals surface area contributed by atoms with Gasteiger partial charge in [0.1, 0.15) is 18.4 Å². The van der Waals surface area contributed by atoms with Gasteiger partial charge in [-0.05, 0) is 94.1 Å². The number of hydrogen-bond acceptors (Lipinski definition) is 7. The first kappa shape index (κ1) is 49.4. The van der Waals surface area contributed by atoms with Crippen LogP contribution in [0.5, 0.6) is 5.75 Å². The second kappa shape index (κ2) is 19.4. The van der Waals surface area contributed by atoms with Crippen LogP contribution in [0.25, 0.3) is 21.8 Å². The second-order valence-corrected chi connectivity index (χ2v) is 17.8. The molecule has 3 heterocycles. The van der Waals surface area contributed by atoms with Crippen LogP contribution in [0.1, 0.15) is 34.8 Å². The van der Waals surface area contributed by atoms with Gasteiger partial charge < -0.3 is 11.1 Å². The van der Waals surface area contributed by atoms with Crippen LogP contribution in [0.3, 0.4) is 0 Å². The number of H-pyrrole nitrogens is 1. The van der Waals surface area contributed by atoms with Gasteiger partial charge in [0.05, 0.1) is 15.3 Å². The molecule has 1 aliphatic heterocycles. The van der Waals surface area contributed by atoms with Gasteiger partial charge in [-0.25, -0.2) is 16.8 Å². The van der Waals surface area contributed by atoms with Crippen LogP contribution in [0, 0.1) is 41.5 Å². The number of halogens is 6. The predicted molar refractivity (Wildman–Crippen MR) is 218 cm³/mol. The standard InChI is InChI=1S/C21H21F3N2O3S.C12H14F3NO2S.C9H7NO.Na.H/c1-13-10-14(2)20(15(3)11-13)30(27,28)26-19(21(22,23)24)12-29-18-8-9-25-17-7-5-4-6-16(17)18;1-7-4-8(2)11(9(3)5-7)19(17,18)16-6-10(16)12(13,14)15;11-9-5-6-10-8-4-2-1-3-7(8)9;;/h4-11,19,26H,12H2,1-3H3;4-5,10H,6H2,1-3H3;1-6H,(H,10,11);;/q;;;+1;-1. The Morgan fingerprint density at radius 3 is 1.84 bits per heavy atom. The van der Waals surface area contributed by atoms with E-state index >= 15 is 0 Å². The van der Waals surface area contributed by atoms with Crippen LogP contribution in [-0.2, 0) is 20.0 Å². The van der Waals surface area contributed by atoms with Gasteiger partial charge in [-0.3, -0.25) is 9.78 Å². The Hall–Kier alpha value is -4.30. The van der Waals surface area contributed by atoms with Gasteiger partial charge in [0, 0.05) is 41.3 Å². The number of benzene rings is 4. The third kappa shape index (κ3) is 12.0. The average molecular weight is 901 g/mol. The maximum Gasteiger partial charge on any atom is 1.00 e. The number of aromatic amines is 1. The third-order valence-corrected chi connectivity index (χ3v) is 13.3. The molecule has 3 atom stereocenters. The van der Waals surface area contributed by atoms with Crippen molar-refractivity contribution >= 4 is 41.9 Å². The maximum absolute atomic E-state index is 13.6. The van der Waals surface area contributed by atoms with Crippen molar-refractivity contribution in [3.63, 3.8) is 0 Å². The molecule has 1 fully saturated rings. The van der Waals surface area contributed by atoms with E-state index in [0.29, 0.717) is 37.5 Å². The summed E-state index contributed by atoms with van der Waals surface area (Å²) in [5.41, 5.74) is 4.93. The smallest absolute Gasteiger partial charge is 1.00 e. The van der Waals surface area contributed by atoms with Crippen molar-refractivity contribution in [3.05, 3.63) is 141 Å². The van der Waals surface area contributed by atoms with Crippen LogP contribution in [0.15, 0.2) is 112 Å². The number of fused-ring (bicyclic) bond motifs is 2. The number of nitrogens with zero attached hydrogens (tertiary/aromatic N) is 2. The first-order valence-electron chi connectivity index (χ1n) is 18.3. The molecule has 1 aliphatic rings. The first-order chi connectivity index (χ1) is 27.9. The second-order valence-electron chi connectivity index (χ2n) is 14.3. The fraction of sp³-hybridized carbons (Fsp3) is 0.286. The van der Waals surface area contributed by atoms with E-state index in [0.717, 1.165) is 22.0 Å². The molecule has 19 heteroatoms. The van der Waals surface area contributed by atoms with E-state index in [1.54, 1.807) is 94.1 Å². The number of alkyl halides is 6. The molecule has 2 N–H and O–H groups in total. The molecular formula is C42H43F6N4NaO6S2. The zero-order chi connectivity index (χ0) is 44.4. The van der Waals surface area contributed by atoms with E-state index in [4.69, 9.17) is 4.74 Å². The molecule has 3 unspecified atom stereocenters. The van der Waals surface area contributed by atoms with Crippen molar-refractivity contribution in [1.82, 2.24) is 19.0 Å². The van der Waals surface area contributed by atoms with E-state index in [1.807, 2.05) is 31.2 Å². The van der Waals surface area contributed by atoms with E-state index in [-0.39, 0.29) is 52.0 Å². The van der Waals surface area contributed by atoms with Crippen LogP contribution in [0.2, 0.25) is 0 Å². The number of aryl methyl sites for hydroxylation is 6. The van der Waals surface area contributed by atoms with Crippen LogP contribution in [-0.4, -0.2) is 68.7 Å².